The van der Waals surface area contributed by atoms with Crippen molar-refractivity contribution in [1.82, 2.24) is 4.98 Å². The molecule has 0 saturated carbocycles. The highest BCUT2D eigenvalue weighted by Crippen LogP contribution is 2.23. The van der Waals surface area contributed by atoms with Gasteiger partial charge >= 0.3 is 0 Å². The second-order valence-corrected chi connectivity index (χ2v) is 5.27. The van der Waals surface area contributed by atoms with Crippen LogP contribution in [0.5, 0.6) is 5.88 Å². The first-order valence-electron chi connectivity index (χ1n) is 7.43. The topological polar surface area (TPSA) is 60.5 Å². The van der Waals surface area contributed by atoms with Crippen LogP contribution in [0.15, 0.2) is 12.1 Å². The van der Waals surface area contributed by atoms with E-state index in [4.69, 9.17) is 9.47 Å². The van der Waals surface area contributed by atoms with Gasteiger partial charge in [-0.05, 0) is 32.8 Å². The van der Waals surface area contributed by atoms with E-state index >= 15 is 0 Å². The zero-order valence-corrected chi connectivity index (χ0v) is 13.7. The molecule has 1 aromatic rings. The van der Waals surface area contributed by atoms with Crippen LogP contribution in [0, 0.1) is 6.92 Å². The smallest absolute Gasteiger partial charge is 0.256 e. The van der Waals surface area contributed by atoms with Crippen LogP contribution in [0.25, 0.3) is 0 Å². The molecule has 0 bridgehead atoms. The largest absolute Gasteiger partial charge is 0.481 e. The number of methoxy groups -OCH3 is 1. The van der Waals surface area contributed by atoms with E-state index < -0.39 is 5.60 Å². The third kappa shape index (κ3) is 4.70. The van der Waals surface area contributed by atoms with E-state index in [0.717, 1.165) is 18.5 Å². The summed E-state index contributed by atoms with van der Waals surface area (Å²) >= 11 is 0. The number of rotatable bonds is 8. The summed E-state index contributed by atoms with van der Waals surface area (Å²) in [6.45, 7) is 8.32. The maximum Gasteiger partial charge on any atom is 0.256 e. The lowest BCUT2D eigenvalue weighted by molar-refractivity contribution is -0.140. The number of aromatic nitrogens is 1. The van der Waals surface area contributed by atoms with Gasteiger partial charge in [-0.15, -0.1) is 0 Å². The highest BCUT2D eigenvalue weighted by atomic mass is 16.5. The molecule has 1 amide bonds. The van der Waals surface area contributed by atoms with Crippen LogP contribution >= 0.6 is 0 Å². The van der Waals surface area contributed by atoms with Crippen molar-refractivity contribution in [2.75, 3.05) is 19.0 Å². The van der Waals surface area contributed by atoms with Crippen molar-refractivity contribution < 1.29 is 14.3 Å². The number of ether oxygens (including phenoxy) is 2. The number of nitrogens with zero attached hydrogens (tertiary/aromatic N) is 1. The van der Waals surface area contributed by atoms with Crippen LogP contribution in [0.3, 0.4) is 0 Å². The van der Waals surface area contributed by atoms with Gasteiger partial charge in [-0.25, -0.2) is 4.98 Å². The number of nitrogens with one attached hydrogen (secondary N) is 1. The molecule has 1 unspecified atom stereocenters. The second kappa shape index (κ2) is 7.98. The summed E-state index contributed by atoms with van der Waals surface area (Å²) in [4.78, 5) is 16.8. The maximum absolute atomic E-state index is 12.5. The Bertz CT molecular complexity index is 477. The van der Waals surface area contributed by atoms with Gasteiger partial charge in [-0.1, -0.05) is 20.3 Å². The maximum atomic E-state index is 12.5. The molecule has 21 heavy (non-hydrogen) atoms. The standard InChI is InChI=1S/C16H26N2O3/c1-6-10-16(4,21-11-7-2)15(19)18-13-8-9-14(20-5)17-12(13)3/h8-9H,6-7,10-11H2,1-5H3,(H,18,19). The average Bonchev–Trinajstić information content (AvgIpc) is 2.47. The third-order valence-corrected chi connectivity index (χ3v) is 3.35. The van der Waals surface area contributed by atoms with E-state index in [9.17, 15) is 4.79 Å². The number of hydrogen-bond donors (Lipinski definition) is 1. The molecule has 5 heteroatoms. The Kier molecular flexibility index (Phi) is 6.62. The molecular weight excluding hydrogens is 268 g/mol. The fraction of sp³-hybridized carbons (Fsp3) is 0.625. The molecule has 0 aliphatic heterocycles. The second-order valence-electron chi connectivity index (χ2n) is 5.27. The minimum atomic E-state index is -0.808. The molecule has 0 aromatic carbocycles. The van der Waals surface area contributed by atoms with E-state index in [1.807, 2.05) is 27.7 Å². The third-order valence-electron chi connectivity index (χ3n) is 3.35. The van der Waals surface area contributed by atoms with Crippen molar-refractivity contribution in [3.8, 4) is 5.88 Å². The number of hydrogen-bond acceptors (Lipinski definition) is 4. The molecule has 0 aliphatic rings. The van der Waals surface area contributed by atoms with Gasteiger partial charge in [0.25, 0.3) is 5.91 Å². The Balaban J connectivity index is 2.86. The lowest BCUT2D eigenvalue weighted by Gasteiger charge is -2.28. The average molecular weight is 294 g/mol. The minimum Gasteiger partial charge on any atom is -0.481 e. The van der Waals surface area contributed by atoms with Gasteiger partial charge in [0.15, 0.2) is 0 Å². The summed E-state index contributed by atoms with van der Waals surface area (Å²) < 4.78 is 10.8. The number of amides is 1. The van der Waals surface area contributed by atoms with Crippen molar-refractivity contribution in [2.45, 2.75) is 52.6 Å². The minimum absolute atomic E-state index is 0.132. The molecule has 0 radical (unpaired) electrons. The van der Waals surface area contributed by atoms with E-state index in [1.54, 1.807) is 19.2 Å². The van der Waals surface area contributed by atoms with Gasteiger partial charge in [0.05, 0.1) is 18.5 Å². The molecule has 0 aliphatic carbocycles. The lowest BCUT2D eigenvalue weighted by atomic mass is 9.99. The first-order chi connectivity index (χ1) is 9.96. The zero-order chi connectivity index (χ0) is 15.9. The summed E-state index contributed by atoms with van der Waals surface area (Å²) in [5.74, 6) is 0.400. The molecule has 0 saturated heterocycles. The summed E-state index contributed by atoms with van der Waals surface area (Å²) in [6.07, 6.45) is 2.45. The zero-order valence-electron chi connectivity index (χ0n) is 13.7. The molecule has 1 atom stereocenters. The molecule has 118 valence electrons. The summed E-state index contributed by atoms with van der Waals surface area (Å²) in [5, 5.41) is 2.91. The molecular formula is C16H26N2O3. The van der Waals surface area contributed by atoms with Crippen molar-refractivity contribution in [3.63, 3.8) is 0 Å². The van der Waals surface area contributed by atoms with Gasteiger partial charge in [-0.2, -0.15) is 0 Å². The van der Waals surface area contributed by atoms with E-state index in [2.05, 4.69) is 10.3 Å². The van der Waals surface area contributed by atoms with Crippen molar-refractivity contribution >= 4 is 11.6 Å². The Labute approximate surface area is 127 Å². The fourth-order valence-electron chi connectivity index (χ4n) is 2.09. The normalized spacial score (nSPS) is 13.6. The van der Waals surface area contributed by atoms with Crippen LogP contribution < -0.4 is 10.1 Å². The first-order valence-corrected chi connectivity index (χ1v) is 7.43. The van der Waals surface area contributed by atoms with Crippen LogP contribution in [0.2, 0.25) is 0 Å². The number of pyridine rings is 1. The SMILES string of the molecule is CCCOC(C)(CCC)C(=O)Nc1ccc(OC)nc1C. The Morgan fingerprint density at radius 2 is 2.05 bits per heavy atom. The number of carbonyl (C=O) groups excluding carboxylic acids is 1. The summed E-state index contributed by atoms with van der Waals surface area (Å²) in [7, 11) is 1.57. The van der Waals surface area contributed by atoms with Gasteiger partial charge in [-0.3, -0.25) is 4.79 Å². The highest BCUT2D eigenvalue weighted by Gasteiger charge is 2.33. The summed E-state index contributed by atoms with van der Waals surface area (Å²) in [6, 6.07) is 3.53. The number of aryl methyl sites for hydroxylation is 1. The molecule has 1 N–H and O–H groups in total. The monoisotopic (exact) mass is 294 g/mol. The summed E-state index contributed by atoms with van der Waals surface area (Å²) in [5.41, 5.74) is 0.595. The molecule has 0 fully saturated rings. The predicted octanol–water partition coefficient (Wildman–Crippen LogP) is 3.32. The predicted molar refractivity (Wildman–Crippen MR) is 83.7 cm³/mol. The van der Waals surface area contributed by atoms with Crippen LogP contribution in [-0.2, 0) is 9.53 Å². The van der Waals surface area contributed by atoms with E-state index in [0.29, 0.717) is 24.6 Å². The van der Waals surface area contributed by atoms with Crippen LogP contribution in [0.1, 0.15) is 45.7 Å². The van der Waals surface area contributed by atoms with Gasteiger partial charge in [0.1, 0.15) is 5.60 Å². The molecule has 0 spiro atoms. The highest BCUT2D eigenvalue weighted by molar-refractivity contribution is 5.97. The molecule has 1 heterocycles. The van der Waals surface area contributed by atoms with Gasteiger partial charge in [0.2, 0.25) is 5.88 Å². The molecule has 1 rings (SSSR count). The van der Waals surface area contributed by atoms with E-state index in [-0.39, 0.29) is 5.91 Å². The van der Waals surface area contributed by atoms with Crippen molar-refractivity contribution in [3.05, 3.63) is 17.8 Å². The fourth-order valence-corrected chi connectivity index (χ4v) is 2.09. The van der Waals surface area contributed by atoms with E-state index in [1.165, 1.54) is 0 Å². The number of anilines is 1. The van der Waals surface area contributed by atoms with Crippen LogP contribution in [0.4, 0.5) is 5.69 Å². The van der Waals surface area contributed by atoms with Crippen molar-refractivity contribution in [2.24, 2.45) is 0 Å². The Morgan fingerprint density at radius 1 is 1.33 bits per heavy atom. The lowest BCUT2D eigenvalue weighted by Crippen LogP contribution is -2.43. The van der Waals surface area contributed by atoms with Gasteiger partial charge < -0.3 is 14.8 Å². The quantitative estimate of drug-likeness (QED) is 0.799. The number of carbonyl (C=O) groups is 1. The first kappa shape index (κ1) is 17.4. The van der Waals surface area contributed by atoms with Crippen LogP contribution in [-0.4, -0.2) is 30.2 Å². The Morgan fingerprint density at radius 3 is 2.57 bits per heavy atom. The molecule has 1 aromatic heterocycles. The van der Waals surface area contributed by atoms with Gasteiger partial charge in [0, 0.05) is 12.7 Å². The molecule has 5 nitrogen and oxygen atoms in total. The van der Waals surface area contributed by atoms with Crippen molar-refractivity contribution in [1.29, 1.82) is 0 Å². The Hall–Kier alpha value is -1.62.